The second kappa shape index (κ2) is 24.6. The zero-order chi connectivity index (χ0) is 85.0. The van der Waals surface area contributed by atoms with Crippen LogP contribution in [0, 0.1) is 0 Å². The van der Waals surface area contributed by atoms with Crippen LogP contribution < -0.4 is 47.5 Å². The molecule has 0 atom stereocenters. The van der Waals surface area contributed by atoms with Gasteiger partial charge in [0.25, 0.3) is 0 Å². The number of hydrogen-bond acceptors (Lipinski definition) is 6. The van der Waals surface area contributed by atoms with Crippen molar-refractivity contribution in [1.29, 1.82) is 0 Å². The number of hydrogen-bond donors (Lipinski definition) is 0. The number of para-hydroxylation sites is 10. The SMILES string of the molecule is c1ccc(N2c3cc4c(oc5ccccc54)c4c3B(c3c2ccc2ccccc32)n2c3ccc(-c5cccc6c5oc5cc7c8c(c56)-c5cccc6c9ccccc9n(c56)B8c5c(ccc6ccc(-c8ccc9c(c8)oc8c%10c%11c(cc89)-c8cccc9c%12ccccc%12n(c89)B%11c8c(ccc9ccccc89)N%10c8ccccc8)cc56)N7c5ccccc5)cc3c3cccc-4c32)cc1. The normalized spacial score (nSPS) is 13.7. The van der Waals surface area contributed by atoms with Gasteiger partial charge < -0.3 is 41.4 Å². The molecule has 9 nitrogen and oxygen atoms in total. The van der Waals surface area contributed by atoms with Gasteiger partial charge in [0, 0.05) is 177 Å². The van der Waals surface area contributed by atoms with E-state index in [1.807, 2.05) is 0 Å². The van der Waals surface area contributed by atoms with Crippen LogP contribution in [0.5, 0.6) is 0 Å². The summed E-state index contributed by atoms with van der Waals surface area (Å²) in [6.45, 7) is -0.683. The van der Waals surface area contributed by atoms with Gasteiger partial charge in [0.2, 0.25) is 0 Å². The smallest absolute Gasteiger partial charge is 0.333 e. The summed E-state index contributed by atoms with van der Waals surface area (Å²) >= 11 is 0. The minimum absolute atomic E-state index is 0.168. The van der Waals surface area contributed by atoms with Crippen molar-refractivity contribution < 1.29 is 13.3 Å². The molecule has 132 heavy (non-hydrogen) atoms. The van der Waals surface area contributed by atoms with Crippen molar-refractivity contribution in [2.45, 2.75) is 0 Å². The van der Waals surface area contributed by atoms with Gasteiger partial charge in [0.1, 0.15) is 27.9 Å². The standard InChI is InChI=1S/C120H65B3N6O3/c1-4-26-72(27-5-1)124-97-57-51-66-24-10-12-32-75(66)108(97)122-113-100(124)64-93-80-36-16-19-47-102(80)130-119(93)107(113)87-43-23-40-84-90-61-71(54-56-96(90)129(122)116(84)87)77-37-20-44-88-105-104(132-118(77)88)65-101-112-106(105)86-42-22-39-83-79-35-15-18-46-95(79)128(115(83)86)123(112)110-89-60-69(49-48-68(89)53-58-98(110)125(101)73-28-6-2-7-29-73)70-50-55-81-92-63-91-85-41-21-38-82-78-34-14-17-45-94(78)127(114(82)85)121-109-76-33-13-11-25-67(76)52-59-99(109)126(74-30-8-3-9-31-74)117(111(91)121)120(92)131-103(81)62-70/h1-65H. The van der Waals surface area contributed by atoms with Crippen molar-refractivity contribution in [3.63, 3.8) is 0 Å². The lowest BCUT2D eigenvalue weighted by atomic mass is 9.44. The van der Waals surface area contributed by atoms with Gasteiger partial charge in [-0.05, 0) is 208 Å². The molecule has 0 saturated carbocycles. The minimum Gasteiger partial charge on any atom is -0.455 e. The highest BCUT2D eigenvalue weighted by Crippen LogP contribution is 2.57. The van der Waals surface area contributed by atoms with Crippen molar-refractivity contribution in [3.8, 4) is 55.6 Å². The van der Waals surface area contributed by atoms with Gasteiger partial charge in [-0.2, -0.15) is 0 Å². The first-order valence-corrected chi connectivity index (χ1v) is 45.9. The lowest BCUT2D eigenvalue weighted by molar-refractivity contribution is 0.669. The van der Waals surface area contributed by atoms with Crippen LogP contribution in [0.15, 0.2) is 408 Å². The van der Waals surface area contributed by atoms with Crippen LogP contribution in [0.4, 0.5) is 51.2 Å². The second-order valence-electron chi connectivity index (χ2n) is 37.0. The van der Waals surface area contributed by atoms with E-state index in [4.69, 9.17) is 13.3 Å². The van der Waals surface area contributed by atoms with Gasteiger partial charge in [0.15, 0.2) is 5.58 Å². The molecule has 0 fully saturated rings. The van der Waals surface area contributed by atoms with E-state index in [1.54, 1.807) is 0 Å². The third-order valence-electron chi connectivity index (χ3n) is 30.9. The molecule has 6 aromatic heterocycles. The van der Waals surface area contributed by atoms with Gasteiger partial charge >= 0.3 is 20.5 Å². The third kappa shape index (κ3) is 8.48. The number of benzene rings is 21. The molecular formula is C120H65B3N6O3. The molecule has 33 rings (SSSR count). The van der Waals surface area contributed by atoms with E-state index in [-0.39, 0.29) is 20.5 Å². The lowest BCUT2D eigenvalue weighted by Gasteiger charge is -2.41. The first kappa shape index (κ1) is 69.0. The topological polar surface area (TPSA) is 63.9 Å². The lowest BCUT2D eigenvalue weighted by Crippen LogP contribution is -2.57. The number of nitrogens with zero attached hydrogens (tertiary/aromatic N) is 6. The van der Waals surface area contributed by atoms with E-state index in [0.29, 0.717) is 0 Å². The van der Waals surface area contributed by atoms with Crippen LogP contribution >= 0.6 is 0 Å². The van der Waals surface area contributed by atoms with Crippen LogP contribution in [0.2, 0.25) is 0 Å². The van der Waals surface area contributed by atoms with Crippen molar-refractivity contribution in [1.82, 2.24) is 13.4 Å². The Morgan fingerprint density at radius 1 is 0.197 bits per heavy atom. The van der Waals surface area contributed by atoms with Crippen LogP contribution in [0.3, 0.4) is 0 Å². The molecule has 0 aliphatic carbocycles. The summed E-state index contributed by atoms with van der Waals surface area (Å²) in [5.41, 5.74) is 41.4. The van der Waals surface area contributed by atoms with Crippen LogP contribution in [0.25, 0.3) is 219 Å². The Bertz CT molecular complexity index is 10100. The van der Waals surface area contributed by atoms with E-state index in [9.17, 15) is 0 Å². The maximum absolute atomic E-state index is 7.82. The van der Waals surface area contributed by atoms with Crippen LogP contribution in [-0.2, 0) is 0 Å². The van der Waals surface area contributed by atoms with Crippen molar-refractivity contribution in [2.24, 2.45) is 0 Å². The van der Waals surface area contributed by atoms with E-state index >= 15 is 0 Å². The Labute approximate surface area is 754 Å². The fourth-order valence-corrected chi connectivity index (χ4v) is 25.8. The Morgan fingerprint density at radius 3 is 1.29 bits per heavy atom. The average molecular weight is 1670 g/mol. The first-order chi connectivity index (χ1) is 65.5. The van der Waals surface area contributed by atoms with Crippen molar-refractivity contribution >= 4 is 268 Å². The average Bonchev–Trinajstić information content (AvgIpc) is 1.42. The molecule has 0 N–H and O–H groups in total. The zero-order valence-electron chi connectivity index (χ0n) is 70.7. The minimum atomic E-state index is -0.294. The fraction of sp³-hybridized carbons (Fsp3) is 0. The summed E-state index contributed by atoms with van der Waals surface area (Å²) in [5.74, 6) is 0. The fourth-order valence-electron chi connectivity index (χ4n) is 25.8. The highest BCUT2D eigenvalue weighted by Gasteiger charge is 2.50. The van der Waals surface area contributed by atoms with Crippen LogP contribution in [0.1, 0.15) is 0 Å². The second-order valence-corrected chi connectivity index (χ2v) is 37.0. The molecular weight excluding hydrogens is 1610 g/mol. The van der Waals surface area contributed by atoms with E-state index in [2.05, 4.69) is 422 Å². The molecule has 602 valence electrons. The monoisotopic (exact) mass is 1670 g/mol. The van der Waals surface area contributed by atoms with Gasteiger partial charge in [-0.25, -0.2) is 0 Å². The summed E-state index contributed by atoms with van der Waals surface area (Å²) in [6, 6.07) is 148. The third-order valence-corrected chi connectivity index (χ3v) is 30.9. The molecule has 6 aliphatic rings. The first-order valence-electron chi connectivity index (χ1n) is 45.9. The van der Waals surface area contributed by atoms with Crippen molar-refractivity contribution in [2.75, 3.05) is 14.7 Å². The van der Waals surface area contributed by atoms with E-state index < -0.39 is 0 Å². The van der Waals surface area contributed by atoms with Gasteiger partial charge in [-0.3, -0.25) is 0 Å². The Balaban J connectivity index is 0.593. The van der Waals surface area contributed by atoms with Crippen LogP contribution in [-0.4, -0.2) is 34.0 Å². The molecule has 0 spiro atoms. The highest BCUT2D eigenvalue weighted by atomic mass is 16.3. The Morgan fingerprint density at radius 2 is 0.629 bits per heavy atom. The van der Waals surface area contributed by atoms with Gasteiger partial charge in [-0.1, -0.05) is 273 Å². The molecule has 12 heteroatoms. The number of aromatic nitrogens is 3. The molecule has 0 unspecified atom stereocenters. The number of rotatable bonds is 5. The maximum atomic E-state index is 7.82. The summed E-state index contributed by atoms with van der Waals surface area (Å²) < 4.78 is 30.8. The quantitative estimate of drug-likeness (QED) is 0.160. The predicted molar refractivity (Wildman–Crippen MR) is 552 cm³/mol. The molecule has 6 aliphatic heterocycles. The molecule has 12 heterocycles. The summed E-state index contributed by atoms with van der Waals surface area (Å²) in [4.78, 5) is 7.56. The molecule has 0 radical (unpaired) electrons. The highest BCUT2D eigenvalue weighted by molar-refractivity contribution is 6.94. The number of furan rings is 3. The Kier molecular flexibility index (Phi) is 12.8. The number of fused-ring (bicyclic) bond motifs is 39. The molecule has 21 aromatic carbocycles. The predicted octanol–water partition coefficient (Wildman–Crippen LogP) is 27.8. The summed E-state index contributed by atoms with van der Waals surface area (Å²) in [5, 5.41) is 21.1. The molecule has 0 bridgehead atoms. The largest absolute Gasteiger partial charge is 0.455 e. The van der Waals surface area contributed by atoms with Crippen molar-refractivity contribution in [3.05, 3.63) is 394 Å². The summed E-state index contributed by atoms with van der Waals surface area (Å²) in [7, 11) is 0. The maximum Gasteiger partial charge on any atom is 0.333 e. The number of anilines is 9. The van der Waals surface area contributed by atoms with Gasteiger partial charge in [0.05, 0.1) is 5.69 Å². The van der Waals surface area contributed by atoms with E-state index in [1.165, 1.54) is 148 Å². The van der Waals surface area contributed by atoms with Gasteiger partial charge in [-0.15, -0.1) is 0 Å². The zero-order valence-corrected chi connectivity index (χ0v) is 70.7. The van der Waals surface area contributed by atoms with E-state index in [0.717, 1.165) is 156 Å². The molecule has 27 aromatic rings. The Hall–Kier alpha value is -17.2. The molecule has 0 amide bonds. The summed E-state index contributed by atoms with van der Waals surface area (Å²) in [6.07, 6.45) is 0. The molecule has 0 saturated heterocycles.